The summed E-state index contributed by atoms with van der Waals surface area (Å²) in [6, 6.07) is 3.02. The average Bonchev–Trinajstić information content (AvgIpc) is 2.62. The highest BCUT2D eigenvalue weighted by molar-refractivity contribution is 5.26. The third-order valence-corrected chi connectivity index (χ3v) is 6.50. The van der Waals surface area contributed by atoms with Gasteiger partial charge in [-0.25, -0.2) is 13.2 Å². The van der Waals surface area contributed by atoms with E-state index in [0.29, 0.717) is 30.6 Å². The number of benzene rings is 1. The largest absolute Gasteiger partial charge is 0.212 e. The number of aryl methyl sites for hydroxylation is 1. The van der Waals surface area contributed by atoms with Crippen LogP contribution in [-0.4, -0.2) is 0 Å². The molecular weight excluding hydrogens is 333 g/mol. The van der Waals surface area contributed by atoms with Crippen LogP contribution in [0.1, 0.15) is 75.8 Å². The van der Waals surface area contributed by atoms with Gasteiger partial charge in [-0.2, -0.15) is 0 Å². The predicted molar refractivity (Wildman–Crippen MR) is 101 cm³/mol. The van der Waals surface area contributed by atoms with Crippen LogP contribution in [0, 0.1) is 29.4 Å². The molecule has 2 aliphatic rings. The van der Waals surface area contributed by atoms with E-state index < -0.39 is 0 Å². The molecule has 0 radical (unpaired) electrons. The molecule has 1 fully saturated rings. The van der Waals surface area contributed by atoms with Gasteiger partial charge in [0.15, 0.2) is 0 Å². The molecule has 1 atom stereocenters. The van der Waals surface area contributed by atoms with Crippen LogP contribution in [0.25, 0.3) is 0 Å². The monoisotopic (exact) mass is 364 g/mol. The molecule has 0 heterocycles. The van der Waals surface area contributed by atoms with Gasteiger partial charge in [0.2, 0.25) is 0 Å². The fourth-order valence-corrected chi connectivity index (χ4v) is 4.87. The quantitative estimate of drug-likeness (QED) is 0.496. The van der Waals surface area contributed by atoms with Crippen LogP contribution >= 0.6 is 0 Å². The van der Waals surface area contributed by atoms with Gasteiger partial charge < -0.3 is 0 Å². The van der Waals surface area contributed by atoms with E-state index in [1.54, 1.807) is 6.08 Å². The molecule has 0 amide bonds. The lowest BCUT2D eigenvalue weighted by Gasteiger charge is -2.35. The predicted octanol–water partition coefficient (Wildman–Crippen LogP) is 7.31. The summed E-state index contributed by atoms with van der Waals surface area (Å²) in [6.07, 6.45) is 11.9. The Bertz CT molecular complexity index is 603. The van der Waals surface area contributed by atoms with Crippen molar-refractivity contribution in [2.75, 3.05) is 0 Å². The van der Waals surface area contributed by atoms with E-state index in [2.05, 4.69) is 0 Å². The minimum absolute atomic E-state index is 0.0592. The lowest BCUT2D eigenvalue weighted by atomic mass is 9.71. The molecule has 3 rings (SSSR count). The highest BCUT2D eigenvalue weighted by Gasteiger charge is 2.28. The summed E-state index contributed by atoms with van der Waals surface area (Å²) in [5, 5.41) is 0. The van der Waals surface area contributed by atoms with Gasteiger partial charge in [-0.3, -0.25) is 0 Å². The fourth-order valence-electron chi connectivity index (χ4n) is 4.87. The van der Waals surface area contributed by atoms with Crippen LogP contribution in [0.4, 0.5) is 13.2 Å². The Labute approximate surface area is 155 Å². The van der Waals surface area contributed by atoms with Crippen LogP contribution in [0.5, 0.6) is 0 Å². The second-order valence-corrected chi connectivity index (χ2v) is 8.29. The van der Waals surface area contributed by atoms with Crippen molar-refractivity contribution >= 4 is 0 Å². The Kier molecular flexibility index (Phi) is 6.83. The third kappa shape index (κ3) is 4.92. The lowest BCUT2D eigenvalue weighted by Crippen LogP contribution is -2.23. The van der Waals surface area contributed by atoms with Crippen LogP contribution in [0.2, 0.25) is 0 Å². The van der Waals surface area contributed by atoms with E-state index in [9.17, 15) is 13.2 Å². The molecule has 0 nitrogen and oxygen atoms in total. The highest BCUT2D eigenvalue weighted by Crippen LogP contribution is 2.40. The van der Waals surface area contributed by atoms with Gasteiger partial charge in [0.25, 0.3) is 0 Å². The van der Waals surface area contributed by atoms with Gasteiger partial charge in [-0.15, -0.1) is 0 Å². The van der Waals surface area contributed by atoms with Crippen LogP contribution in [-0.2, 0) is 12.8 Å². The number of halogens is 3. The molecule has 1 saturated carbocycles. The zero-order valence-corrected chi connectivity index (χ0v) is 15.9. The molecule has 3 heteroatoms. The van der Waals surface area contributed by atoms with Crippen molar-refractivity contribution < 1.29 is 13.2 Å². The van der Waals surface area contributed by atoms with Crippen LogP contribution in [0.15, 0.2) is 24.0 Å². The molecule has 0 spiro atoms. The van der Waals surface area contributed by atoms with Gasteiger partial charge >= 0.3 is 0 Å². The Morgan fingerprint density at radius 2 is 1.58 bits per heavy atom. The summed E-state index contributed by atoms with van der Waals surface area (Å²) in [7, 11) is 0. The normalized spacial score (nSPS) is 26.6. The Balaban J connectivity index is 1.48. The molecular formula is C23H31F3. The molecule has 1 unspecified atom stereocenters. The standard InChI is InChI=1S/C23H31F3/c1-2-3-17-14-22(25)21(23(26)15-17)13-6-16-4-7-18(8-5-16)19-9-11-20(24)12-10-19/h11,14-16,18-19H,2-10,12-13H2,1H3/t16-,18-,19?. The number of allylic oxidation sites excluding steroid dienone is 2. The summed E-state index contributed by atoms with van der Waals surface area (Å²) in [5.74, 6) is 1.21. The van der Waals surface area contributed by atoms with E-state index in [4.69, 9.17) is 0 Å². The molecule has 0 bridgehead atoms. The first-order valence-electron chi connectivity index (χ1n) is 10.4. The van der Waals surface area contributed by atoms with Gasteiger partial charge in [0.1, 0.15) is 11.6 Å². The first-order chi connectivity index (χ1) is 12.6. The van der Waals surface area contributed by atoms with Crippen molar-refractivity contribution in [2.45, 2.75) is 77.6 Å². The molecule has 1 aromatic carbocycles. The van der Waals surface area contributed by atoms with Gasteiger partial charge in [-0.1, -0.05) is 32.3 Å². The Morgan fingerprint density at radius 1 is 0.885 bits per heavy atom. The van der Waals surface area contributed by atoms with Crippen molar-refractivity contribution in [3.05, 3.63) is 46.8 Å². The first kappa shape index (κ1) is 19.5. The molecule has 144 valence electrons. The van der Waals surface area contributed by atoms with Crippen molar-refractivity contribution in [3.8, 4) is 0 Å². The molecule has 2 aliphatic carbocycles. The average molecular weight is 364 g/mol. The zero-order valence-electron chi connectivity index (χ0n) is 15.9. The Morgan fingerprint density at radius 3 is 2.15 bits per heavy atom. The minimum Gasteiger partial charge on any atom is -0.212 e. The minimum atomic E-state index is -0.377. The number of hydrogen-bond donors (Lipinski definition) is 0. The lowest BCUT2D eigenvalue weighted by molar-refractivity contribution is 0.184. The molecule has 0 aliphatic heterocycles. The second kappa shape index (κ2) is 9.10. The number of hydrogen-bond acceptors (Lipinski definition) is 0. The van der Waals surface area contributed by atoms with Gasteiger partial charge in [-0.05, 0) is 86.8 Å². The summed E-state index contributed by atoms with van der Waals surface area (Å²) < 4.78 is 41.7. The second-order valence-electron chi connectivity index (χ2n) is 8.29. The smallest absolute Gasteiger partial charge is 0.129 e. The van der Waals surface area contributed by atoms with Crippen LogP contribution in [0.3, 0.4) is 0 Å². The molecule has 0 N–H and O–H groups in total. The van der Waals surface area contributed by atoms with Gasteiger partial charge in [0, 0.05) is 5.56 Å². The highest BCUT2D eigenvalue weighted by atomic mass is 19.1. The maximum absolute atomic E-state index is 14.2. The number of rotatable bonds is 6. The molecule has 1 aromatic rings. The molecule has 26 heavy (non-hydrogen) atoms. The van der Waals surface area contributed by atoms with E-state index >= 15 is 0 Å². The van der Waals surface area contributed by atoms with Crippen molar-refractivity contribution in [2.24, 2.45) is 17.8 Å². The fraction of sp³-hybridized carbons (Fsp3) is 0.652. The summed E-state index contributed by atoms with van der Waals surface area (Å²) >= 11 is 0. The van der Waals surface area contributed by atoms with Crippen LogP contribution < -0.4 is 0 Å². The van der Waals surface area contributed by atoms with E-state index in [0.717, 1.165) is 50.5 Å². The first-order valence-corrected chi connectivity index (χ1v) is 10.4. The third-order valence-electron chi connectivity index (χ3n) is 6.50. The summed E-state index contributed by atoms with van der Waals surface area (Å²) in [6.45, 7) is 2.01. The zero-order chi connectivity index (χ0) is 18.5. The Hall–Kier alpha value is -1.25. The topological polar surface area (TPSA) is 0 Å². The molecule has 0 aromatic heterocycles. The van der Waals surface area contributed by atoms with Crippen molar-refractivity contribution in [3.63, 3.8) is 0 Å². The SMILES string of the molecule is CCCc1cc(F)c(CC[C@H]2CC[C@H](C3CC=C(F)CC3)CC2)c(F)c1. The maximum Gasteiger partial charge on any atom is 0.129 e. The van der Waals surface area contributed by atoms with E-state index in [-0.39, 0.29) is 23.0 Å². The summed E-state index contributed by atoms with van der Waals surface area (Å²) in [5.41, 5.74) is 1.02. The van der Waals surface area contributed by atoms with Crippen molar-refractivity contribution in [1.82, 2.24) is 0 Å². The van der Waals surface area contributed by atoms with E-state index in [1.165, 1.54) is 25.0 Å². The van der Waals surface area contributed by atoms with Crippen molar-refractivity contribution in [1.29, 1.82) is 0 Å². The summed E-state index contributed by atoms with van der Waals surface area (Å²) in [4.78, 5) is 0. The van der Waals surface area contributed by atoms with E-state index in [1.807, 2.05) is 6.92 Å². The van der Waals surface area contributed by atoms with Gasteiger partial charge in [0.05, 0.1) is 5.83 Å². The maximum atomic E-state index is 14.2. The molecule has 0 saturated heterocycles.